The van der Waals surface area contributed by atoms with Crippen LogP contribution in [0.25, 0.3) is 0 Å². The SMILES string of the molecule is CCCCCCCCCCCCOC(=O)CCN(CCCN(CCO)CCO)CCC(=O)OCCCCCCCCCCCC. The Bertz CT molecular complexity index is 588. The molecule has 0 saturated carbocycles. The predicted molar refractivity (Wildman–Crippen MR) is 187 cm³/mol. The quantitative estimate of drug-likeness (QED) is 0.0531. The van der Waals surface area contributed by atoms with Crippen LogP contribution < -0.4 is 0 Å². The minimum absolute atomic E-state index is 0.0550. The predicted octanol–water partition coefficient (Wildman–Crippen LogP) is 7.67. The van der Waals surface area contributed by atoms with E-state index in [9.17, 15) is 19.8 Å². The fraction of sp³-hybridized carbons (Fsp3) is 0.946. The van der Waals surface area contributed by atoms with Crippen molar-refractivity contribution >= 4 is 11.9 Å². The second kappa shape index (κ2) is 35.6. The summed E-state index contributed by atoms with van der Waals surface area (Å²) in [6.07, 6.45) is 26.4. The Hall–Kier alpha value is -1.22. The Kier molecular flexibility index (Phi) is 34.7. The van der Waals surface area contributed by atoms with Gasteiger partial charge in [-0.2, -0.15) is 0 Å². The molecule has 0 aliphatic carbocycles. The van der Waals surface area contributed by atoms with Gasteiger partial charge in [0.25, 0.3) is 0 Å². The lowest BCUT2D eigenvalue weighted by atomic mass is 10.1. The third-order valence-corrected chi connectivity index (χ3v) is 8.57. The summed E-state index contributed by atoms with van der Waals surface area (Å²) in [6.45, 7) is 9.18. The van der Waals surface area contributed by atoms with Crippen LogP contribution in [-0.4, -0.2) is 97.6 Å². The standard InChI is InChI=1S/C37H74N2O6/c1-3-5-7-9-11-13-15-17-19-21-34-44-36(42)24-28-38(26-23-27-39(30-32-40)31-33-41)29-25-37(43)45-35-22-20-18-16-14-12-10-8-6-4-2/h40-41H,3-35H2,1-2H3. The van der Waals surface area contributed by atoms with Gasteiger partial charge >= 0.3 is 11.9 Å². The van der Waals surface area contributed by atoms with E-state index in [2.05, 4.69) is 18.7 Å². The van der Waals surface area contributed by atoms with Crippen molar-refractivity contribution < 1.29 is 29.3 Å². The lowest BCUT2D eigenvalue weighted by Gasteiger charge is -2.24. The molecule has 0 unspecified atom stereocenters. The highest BCUT2D eigenvalue weighted by atomic mass is 16.5. The molecule has 0 bridgehead atoms. The van der Waals surface area contributed by atoms with E-state index in [1.54, 1.807) is 0 Å². The highest BCUT2D eigenvalue weighted by molar-refractivity contribution is 5.70. The first-order chi connectivity index (χ1) is 22.1. The third-order valence-electron chi connectivity index (χ3n) is 8.57. The Morgan fingerprint density at radius 1 is 0.422 bits per heavy atom. The van der Waals surface area contributed by atoms with Gasteiger partial charge in [0.05, 0.1) is 39.3 Å². The van der Waals surface area contributed by atoms with Crippen LogP contribution in [0.4, 0.5) is 0 Å². The van der Waals surface area contributed by atoms with Gasteiger partial charge < -0.3 is 24.6 Å². The molecule has 0 aliphatic heterocycles. The number of carbonyl (C=O) groups excluding carboxylic acids is 2. The number of ether oxygens (including phenoxy) is 2. The molecule has 0 saturated heterocycles. The fourth-order valence-corrected chi connectivity index (χ4v) is 5.67. The molecule has 8 heteroatoms. The van der Waals surface area contributed by atoms with E-state index in [1.807, 2.05) is 4.90 Å². The van der Waals surface area contributed by atoms with Gasteiger partial charge in [-0.25, -0.2) is 0 Å². The summed E-state index contributed by atoms with van der Waals surface area (Å²) in [5.74, 6) is -0.358. The molecule has 0 aromatic carbocycles. The number of hydrogen-bond donors (Lipinski definition) is 2. The van der Waals surface area contributed by atoms with E-state index in [1.165, 1.54) is 103 Å². The van der Waals surface area contributed by atoms with Crippen molar-refractivity contribution in [2.75, 3.05) is 65.7 Å². The summed E-state index contributed by atoms with van der Waals surface area (Å²) < 4.78 is 11.0. The van der Waals surface area contributed by atoms with Gasteiger partial charge in [0, 0.05) is 26.2 Å². The van der Waals surface area contributed by atoms with Crippen LogP contribution in [-0.2, 0) is 19.1 Å². The monoisotopic (exact) mass is 643 g/mol. The minimum atomic E-state index is -0.179. The molecule has 0 aromatic rings. The molecule has 0 aromatic heterocycles. The van der Waals surface area contributed by atoms with Crippen LogP contribution in [0.2, 0.25) is 0 Å². The summed E-state index contributed by atoms with van der Waals surface area (Å²) in [7, 11) is 0. The van der Waals surface area contributed by atoms with Gasteiger partial charge in [0.15, 0.2) is 0 Å². The Morgan fingerprint density at radius 3 is 1.07 bits per heavy atom. The van der Waals surface area contributed by atoms with Crippen molar-refractivity contribution in [3.8, 4) is 0 Å². The molecular weight excluding hydrogens is 568 g/mol. The summed E-state index contributed by atoms with van der Waals surface area (Å²) in [6, 6.07) is 0. The van der Waals surface area contributed by atoms with Gasteiger partial charge in [0.2, 0.25) is 0 Å². The zero-order chi connectivity index (χ0) is 33.1. The number of aliphatic hydroxyl groups is 2. The van der Waals surface area contributed by atoms with Crippen LogP contribution >= 0.6 is 0 Å². The molecule has 2 N–H and O–H groups in total. The summed E-state index contributed by atoms with van der Waals surface area (Å²) in [4.78, 5) is 29.0. The normalized spacial score (nSPS) is 11.5. The van der Waals surface area contributed by atoms with E-state index in [4.69, 9.17) is 9.47 Å². The van der Waals surface area contributed by atoms with Crippen molar-refractivity contribution in [2.24, 2.45) is 0 Å². The lowest BCUT2D eigenvalue weighted by Crippen LogP contribution is -2.35. The van der Waals surface area contributed by atoms with Crippen LogP contribution in [0.15, 0.2) is 0 Å². The molecular formula is C37H74N2O6. The molecule has 268 valence electrons. The number of hydrogen-bond acceptors (Lipinski definition) is 8. The Morgan fingerprint density at radius 2 is 0.733 bits per heavy atom. The first-order valence-electron chi connectivity index (χ1n) is 19.0. The van der Waals surface area contributed by atoms with Crippen LogP contribution in [0, 0.1) is 0 Å². The van der Waals surface area contributed by atoms with Crippen LogP contribution in [0.5, 0.6) is 0 Å². The maximum Gasteiger partial charge on any atom is 0.307 e. The van der Waals surface area contributed by atoms with Crippen molar-refractivity contribution in [1.29, 1.82) is 0 Å². The number of unbranched alkanes of at least 4 members (excludes halogenated alkanes) is 18. The molecule has 45 heavy (non-hydrogen) atoms. The Balaban J connectivity index is 4.24. The van der Waals surface area contributed by atoms with E-state index in [-0.39, 0.29) is 25.2 Å². The molecule has 0 aliphatic rings. The van der Waals surface area contributed by atoms with Gasteiger partial charge in [-0.15, -0.1) is 0 Å². The highest BCUT2D eigenvalue weighted by Crippen LogP contribution is 2.12. The molecule has 0 rings (SSSR count). The number of nitrogens with zero attached hydrogens (tertiary/aromatic N) is 2. The van der Waals surface area contributed by atoms with Crippen molar-refractivity contribution in [3.05, 3.63) is 0 Å². The van der Waals surface area contributed by atoms with Crippen molar-refractivity contribution in [2.45, 2.75) is 162 Å². The first-order valence-corrected chi connectivity index (χ1v) is 19.0. The van der Waals surface area contributed by atoms with E-state index in [0.717, 1.165) is 45.2 Å². The molecule has 0 atom stereocenters. The molecule has 0 radical (unpaired) electrons. The van der Waals surface area contributed by atoms with E-state index >= 15 is 0 Å². The largest absolute Gasteiger partial charge is 0.466 e. The smallest absolute Gasteiger partial charge is 0.307 e. The number of carbonyl (C=O) groups is 2. The fourth-order valence-electron chi connectivity index (χ4n) is 5.67. The average molecular weight is 643 g/mol. The lowest BCUT2D eigenvalue weighted by molar-refractivity contribution is -0.144. The molecule has 0 amide bonds. The zero-order valence-corrected chi connectivity index (χ0v) is 29.8. The summed E-state index contributed by atoms with van der Waals surface area (Å²) >= 11 is 0. The number of aliphatic hydroxyl groups excluding tert-OH is 2. The first kappa shape index (κ1) is 43.8. The van der Waals surface area contributed by atoms with Gasteiger partial charge in [-0.05, 0) is 32.4 Å². The second-order valence-corrected chi connectivity index (χ2v) is 12.8. The third kappa shape index (κ3) is 32.5. The van der Waals surface area contributed by atoms with Crippen LogP contribution in [0.3, 0.4) is 0 Å². The van der Waals surface area contributed by atoms with Crippen molar-refractivity contribution in [1.82, 2.24) is 9.80 Å². The molecule has 0 heterocycles. The average Bonchev–Trinajstić information content (AvgIpc) is 3.03. The maximum atomic E-state index is 12.4. The highest BCUT2D eigenvalue weighted by Gasteiger charge is 2.13. The minimum Gasteiger partial charge on any atom is -0.466 e. The molecule has 0 spiro atoms. The topological polar surface area (TPSA) is 99.5 Å². The van der Waals surface area contributed by atoms with Gasteiger partial charge in [-0.3, -0.25) is 14.5 Å². The second-order valence-electron chi connectivity index (χ2n) is 12.8. The molecule has 0 fully saturated rings. The van der Waals surface area contributed by atoms with Gasteiger partial charge in [-0.1, -0.05) is 129 Å². The van der Waals surface area contributed by atoms with E-state index < -0.39 is 0 Å². The maximum absolute atomic E-state index is 12.4. The van der Waals surface area contributed by atoms with E-state index in [0.29, 0.717) is 52.2 Å². The zero-order valence-electron chi connectivity index (χ0n) is 29.8. The molecule has 8 nitrogen and oxygen atoms in total. The number of esters is 2. The van der Waals surface area contributed by atoms with Gasteiger partial charge in [0.1, 0.15) is 0 Å². The number of rotatable bonds is 36. The summed E-state index contributed by atoms with van der Waals surface area (Å²) in [5, 5.41) is 18.6. The Labute approximate surface area is 278 Å². The van der Waals surface area contributed by atoms with Crippen molar-refractivity contribution in [3.63, 3.8) is 0 Å². The summed E-state index contributed by atoms with van der Waals surface area (Å²) in [5.41, 5.74) is 0. The van der Waals surface area contributed by atoms with Crippen LogP contribution in [0.1, 0.15) is 162 Å².